The Labute approximate surface area is 196 Å². The summed E-state index contributed by atoms with van der Waals surface area (Å²) >= 11 is 0. The molecule has 9 nitrogen and oxygen atoms in total. The molecule has 1 amide bonds. The van der Waals surface area contributed by atoms with Gasteiger partial charge in [0.15, 0.2) is 5.58 Å². The number of rotatable bonds is 8. The number of amides is 1. The van der Waals surface area contributed by atoms with Crippen molar-refractivity contribution in [2.45, 2.75) is 32.3 Å². The zero-order chi connectivity index (χ0) is 23.9. The van der Waals surface area contributed by atoms with Crippen LogP contribution in [0.4, 0.5) is 11.6 Å². The fraction of sp³-hybridized carbons (Fsp3) is 0.360. The minimum Gasteiger partial charge on any atom is -0.491 e. The van der Waals surface area contributed by atoms with Gasteiger partial charge in [0.05, 0.1) is 11.2 Å². The number of hydrogen-bond donors (Lipinski definition) is 2. The van der Waals surface area contributed by atoms with Gasteiger partial charge in [-0.1, -0.05) is 0 Å². The Morgan fingerprint density at radius 1 is 1.18 bits per heavy atom. The van der Waals surface area contributed by atoms with Crippen LogP contribution in [0.1, 0.15) is 26.7 Å². The second-order valence-corrected chi connectivity index (χ2v) is 9.05. The highest BCUT2D eigenvalue weighted by molar-refractivity contribution is 6.03. The van der Waals surface area contributed by atoms with E-state index in [1.807, 2.05) is 38.1 Å². The Balaban J connectivity index is 1.51. The van der Waals surface area contributed by atoms with Crippen molar-refractivity contribution in [1.29, 1.82) is 0 Å². The summed E-state index contributed by atoms with van der Waals surface area (Å²) in [6, 6.07) is 7.36. The number of benzene rings is 1. The molecule has 1 aromatic carbocycles. The lowest BCUT2D eigenvalue weighted by Gasteiger charge is -2.22. The number of ether oxygens (including phenoxy) is 2. The van der Waals surface area contributed by atoms with Crippen LogP contribution >= 0.6 is 0 Å². The number of anilines is 2. The molecule has 1 saturated carbocycles. The number of aromatic nitrogens is 3. The molecule has 0 bridgehead atoms. The van der Waals surface area contributed by atoms with Crippen molar-refractivity contribution in [1.82, 2.24) is 15.0 Å². The molecule has 34 heavy (non-hydrogen) atoms. The van der Waals surface area contributed by atoms with Gasteiger partial charge in [0.2, 0.25) is 11.8 Å². The van der Waals surface area contributed by atoms with Crippen molar-refractivity contribution in [3.05, 3.63) is 36.7 Å². The van der Waals surface area contributed by atoms with E-state index in [0.717, 1.165) is 23.6 Å². The van der Waals surface area contributed by atoms with Gasteiger partial charge in [0.25, 0.3) is 0 Å². The Morgan fingerprint density at radius 3 is 2.74 bits per heavy atom. The highest BCUT2D eigenvalue weighted by Crippen LogP contribution is 2.35. The fourth-order valence-corrected chi connectivity index (χ4v) is 3.58. The Kier molecular flexibility index (Phi) is 5.57. The number of hydrogen-bond acceptors (Lipinski definition) is 8. The van der Waals surface area contributed by atoms with Gasteiger partial charge in [0, 0.05) is 49.3 Å². The van der Waals surface area contributed by atoms with Crippen molar-refractivity contribution >= 4 is 39.4 Å². The maximum absolute atomic E-state index is 12.2. The van der Waals surface area contributed by atoms with Crippen LogP contribution in [0.2, 0.25) is 0 Å². The lowest BCUT2D eigenvalue weighted by Crippen LogP contribution is -2.30. The van der Waals surface area contributed by atoms with Gasteiger partial charge in [-0.05, 0) is 44.9 Å². The van der Waals surface area contributed by atoms with E-state index in [1.54, 1.807) is 26.6 Å². The number of carbonyl (C=O) groups excluding carboxylic acids is 1. The van der Waals surface area contributed by atoms with Gasteiger partial charge < -0.3 is 24.5 Å². The molecule has 0 saturated heterocycles. The molecule has 1 aliphatic rings. The minimum absolute atomic E-state index is 0.00216. The molecule has 176 valence electrons. The highest BCUT2D eigenvalue weighted by Gasteiger charge is 2.30. The third-order valence-electron chi connectivity index (χ3n) is 5.94. The average molecular weight is 462 g/mol. The smallest absolute Gasteiger partial charge is 0.229 e. The van der Waals surface area contributed by atoms with Crippen molar-refractivity contribution < 1.29 is 18.7 Å². The van der Waals surface area contributed by atoms with Crippen LogP contribution in [0.3, 0.4) is 0 Å². The van der Waals surface area contributed by atoms with Crippen LogP contribution < -0.4 is 15.4 Å². The second-order valence-electron chi connectivity index (χ2n) is 9.05. The van der Waals surface area contributed by atoms with Crippen molar-refractivity contribution in [2.75, 3.05) is 31.4 Å². The van der Waals surface area contributed by atoms with Gasteiger partial charge >= 0.3 is 0 Å². The molecular formula is C25H27N5O4. The third kappa shape index (κ3) is 4.38. The van der Waals surface area contributed by atoms with E-state index in [9.17, 15) is 4.79 Å². The highest BCUT2D eigenvalue weighted by atomic mass is 16.5. The van der Waals surface area contributed by atoms with Crippen molar-refractivity contribution in [2.24, 2.45) is 5.92 Å². The van der Waals surface area contributed by atoms with E-state index < -0.39 is 5.60 Å². The van der Waals surface area contributed by atoms with Gasteiger partial charge in [-0.2, -0.15) is 0 Å². The lowest BCUT2D eigenvalue weighted by atomic mass is 10.1. The number of carbonyl (C=O) groups is 1. The van der Waals surface area contributed by atoms with Crippen LogP contribution in [0, 0.1) is 5.92 Å². The van der Waals surface area contributed by atoms with Crippen LogP contribution in [0.25, 0.3) is 33.3 Å². The fourth-order valence-electron chi connectivity index (χ4n) is 3.58. The first-order valence-electron chi connectivity index (χ1n) is 11.2. The van der Waals surface area contributed by atoms with E-state index in [1.165, 1.54) is 0 Å². The molecule has 0 unspecified atom stereocenters. The SMILES string of the molecule is CNc1ncc(-c2nc3cc(OCC(C)(C)OC)ccc3o2)c2cc(NC(=O)C3CC3)ncc12. The molecule has 0 spiro atoms. The Morgan fingerprint density at radius 2 is 2.00 bits per heavy atom. The predicted octanol–water partition coefficient (Wildman–Crippen LogP) is 4.63. The number of pyridine rings is 2. The lowest BCUT2D eigenvalue weighted by molar-refractivity contribution is -0.117. The van der Waals surface area contributed by atoms with Gasteiger partial charge in [-0.25, -0.2) is 15.0 Å². The average Bonchev–Trinajstić information content (AvgIpc) is 3.61. The maximum Gasteiger partial charge on any atom is 0.229 e. The second kappa shape index (κ2) is 8.57. The molecule has 0 aliphatic heterocycles. The molecule has 3 heterocycles. The van der Waals surface area contributed by atoms with E-state index in [4.69, 9.17) is 18.9 Å². The predicted molar refractivity (Wildman–Crippen MR) is 130 cm³/mol. The third-order valence-corrected chi connectivity index (χ3v) is 5.94. The van der Waals surface area contributed by atoms with E-state index in [0.29, 0.717) is 46.5 Å². The van der Waals surface area contributed by atoms with E-state index in [2.05, 4.69) is 20.6 Å². The molecule has 1 fully saturated rings. The Hall–Kier alpha value is -3.72. The standard InChI is InChI=1S/C25H27N5O4/c1-25(2,32-4)13-33-15-7-8-20-19(9-15)29-24(34-20)18-12-28-22(26-3)17-11-27-21(10-16(17)18)30-23(31)14-5-6-14/h7-12,14H,5-6,13H2,1-4H3,(H,26,28)(H,27,30,31). The normalized spacial score (nSPS) is 13.9. The summed E-state index contributed by atoms with van der Waals surface area (Å²) in [6.45, 7) is 4.33. The summed E-state index contributed by atoms with van der Waals surface area (Å²) in [5.41, 5.74) is 1.61. The number of nitrogens with zero attached hydrogens (tertiary/aromatic N) is 3. The monoisotopic (exact) mass is 461 g/mol. The molecule has 3 aromatic heterocycles. The first-order valence-corrected chi connectivity index (χ1v) is 11.2. The van der Waals surface area contributed by atoms with Crippen LogP contribution in [-0.4, -0.2) is 47.2 Å². The summed E-state index contributed by atoms with van der Waals surface area (Å²) in [5, 5.41) is 7.62. The molecule has 5 rings (SSSR count). The first kappa shape index (κ1) is 22.1. The summed E-state index contributed by atoms with van der Waals surface area (Å²) in [4.78, 5) is 25.9. The summed E-state index contributed by atoms with van der Waals surface area (Å²) in [5.74, 6) is 2.37. The van der Waals surface area contributed by atoms with E-state index >= 15 is 0 Å². The largest absolute Gasteiger partial charge is 0.491 e. The summed E-state index contributed by atoms with van der Waals surface area (Å²) < 4.78 is 17.4. The summed E-state index contributed by atoms with van der Waals surface area (Å²) in [6.07, 6.45) is 5.27. The minimum atomic E-state index is -0.399. The molecule has 1 aliphatic carbocycles. The van der Waals surface area contributed by atoms with Gasteiger partial charge in [-0.3, -0.25) is 4.79 Å². The maximum atomic E-state index is 12.2. The molecule has 4 aromatic rings. The zero-order valence-corrected chi connectivity index (χ0v) is 19.6. The van der Waals surface area contributed by atoms with Crippen LogP contribution in [-0.2, 0) is 9.53 Å². The summed E-state index contributed by atoms with van der Waals surface area (Å²) in [7, 11) is 3.46. The zero-order valence-electron chi connectivity index (χ0n) is 19.6. The molecular weight excluding hydrogens is 434 g/mol. The first-order chi connectivity index (χ1) is 16.4. The number of methoxy groups -OCH3 is 1. The topological polar surface area (TPSA) is 111 Å². The quantitative estimate of drug-likeness (QED) is 0.391. The van der Waals surface area contributed by atoms with E-state index in [-0.39, 0.29) is 11.8 Å². The van der Waals surface area contributed by atoms with Crippen LogP contribution in [0.15, 0.2) is 41.1 Å². The molecule has 0 atom stereocenters. The van der Waals surface area contributed by atoms with Gasteiger partial charge in [-0.15, -0.1) is 0 Å². The van der Waals surface area contributed by atoms with Crippen LogP contribution in [0.5, 0.6) is 5.75 Å². The van der Waals surface area contributed by atoms with Crippen molar-refractivity contribution in [3.8, 4) is 17.2 Å². The van der Waals surface area contributed by atoms with Crippen molar-refractivity contribution in [3.63, 3.8) is 0 Å². The Bertz CT molecular complexity index is 1380. The number of fused-ring (bicyclic) bond motifs is 2. The number of oxazole rings is 1. The molecule has 2 N–H and O–H groups in total. The number of nitrogens with one attached hydrogen (secondary N) is 2. The van der Waals surface area contributed by atoms with Gasteiger partial charge in [0.1, 0.15) is 29.5 Å². The molecule has 0 radical (unpaired) electrons. The molecule has 9 heteroatoms.